The summed E-state index contributed by atoms with van der Waals surface area (Å²) in [5.41, 5.74) is 0.826. The lowest BCUT2D eigenvalue weighted by molar-refractivity contribution is -0.137. The Morgan fingerprint density at radius 2 is 1.85 bits per heavy atom. The molecule has 0 aliphatic carbocycles. The summed E-state index contributed by atoms with van der Waals surface area (Å²) in [5.74, 6) is -0.0783. The monoisotopic (exact) mass is 359 g/mol. The highest BCUT2D eigenvalue weighted by Gasteiger charge is 2.31. The van der Waals surface area contributed by atoms with E-state index in [2.05, 4.69) is 15.3 Å². The molecule has 0 saturated heterocycles. The summed E-state index contributed by atoms with van der Waals surface area (Å²) in [6, 6.07) is 13.4. The first kappa shape index (κ1) is 17.7. The fourth-order valence-electron chi connectivity index (χ4n) is 2.51. The van der Waals surface area contributed by atoms with Crippen LogP contribution in [0.3, 0.4) is 0 Å². The summed E-state index contributed by atoms with van der Waals surface area (Å²) >= 11 is 0. The SMILES string of the molecule is C[C@@H](NC(=O)c1cccc(C(F)(F)F)c1)c1ncc(-c2ccccc2)[nH]1. The zero-order valence-corrected chi connectivity index (χ0v) is 13.8. The number of nitrogens with zero attached hydrogens (tertiary/aromatic N) is 1. The molecule has 134 valence electrons. The van der Waals surface area contributed by atoms with Crippen LogP contribution in [0.2, 0.25) is 0 Å². The van der Waals surface area contributed by atoms with Gasteiger partial charge in [0, 0.05) is 5.56 Å². The van der Waals surface area contributed by atoms with Gasteiger partial charge in [0.2, 0.25) is 0 Å². The number of aromatic amines is 1. The Hall–Kier alpha value is -3.09. The van der Waals surface area contributed by atoms with E-state index in [1.165, 1.54) is 12.1 Å². The van der Waals surface area contributed by atoms with Crippen LogP contribution >= 0.6 is 0 Å². The Morgan fingerprint density at radius 1 is 1.12 bits per heavy atom. The average molecular weight is 359 g/mol. The zero-order valence-electron chi connectivity index (χ0n) is 13.8. The number of benzene rings is 2. The van der Waals surface area contributed by atoms with Crippen LogP contribution in [0, 0.1) is 0 Å². The molecule has 1 heterocycles. The molecule has 1 aromatic heterocycles. The van der Waals surface area contributed by atoms with Crippen molar-refractivity contribution in [1.29, 1.82) is 0 Å². The Balaban J connectivity index is 1.73. The van der Waals surface area contributed by atoms with Gasteiger partial charge in [0.15, 0.2) is 0 Å². The fraction of sp³-hybridized carbons (Fsp3) is 0.158. The third-order valence-electron chi connectivity index (χ3n) is 3.89. The van der Waals surface area contributed by atoms with Crippen molar-refractivity contribution in [3.63, 3.8) is 0 Å². The average Bonchev–Trinajstić information content (AvgIpc) is 3.12. The largest absolute Gasteiger partial charge is 0.416 e. The van der Waals surface area contributed by atoms with Gasteiger partial charge in [0.1, 0.15) is 5.82 Å². The first-order valence-corrected chi connectivity index (χ1v) is 7.93. The molecule has 2 N–H and O–H groups in total. The van der Waals surface area contributed by atoms with Crippen LogP contribution in [-0.4, -0.2) is 15.9 Å². The Labute approximate surface area is 148 Å². The highest BCUT2D eigenvalue weighted by atomic mass is 19.4. The van der Waals surface area contributed by atoms with E-state index in [0.717, 1.165) is 23.4 Å². The summed E-state index contributed by atoms with van der Waals surface area (Å²) in [5, 5.41) is 2.66. The lowest BCUT2D eigenvalue weighted by Crippen LogP contribution is -2.27. The van der Waals surface area contributed by atoms with Crippen molar-refractivity contribution in [2.75, 3.05) is 0 Å². The minimum Gasteiger partial charge on any atom is -0.342 e. The van der Waals surface area contributed by atoms with Gasteiger partial charge < -0.3 is 10.3 Å². The van der Waals surface area contributed by atoms with E-state index in [9.17, 15) is 18.0 Å². The number of imidazole rings is 1. The van der Waals surface area contributed by atoms with Gasteiger partial charge in [-0.2, -0.15) is 13.2 Å². The second-order valence-corrected chi connectivity index (χ2v) is 5.82. The van der Waals surface area contributed by atoms with Crippen LogP contribution in [0.5, 0.6) is 0 Å². The number of hydrogen-bond donors (Lipinski definition) is 2. The molecule has 0 radical (unpaired) electrons. The summed E-state index contributed by atoms with van der Waals surface area (Å²) in [6.45, 7) is 1.71. The topological polar surface area (TPSA) is 57.8 Å². The number of amides is 1. The molecule has 1 amide bonds. The van der Waals surface area contributed by atoms with E-state index in [4.69, 9.17) is 0 Å². The first-order chi connectivity index (χ1) is 12.3. The third kappa shape index (κ3) is 3.93. The first-order valence-electron chi connectivity index (χ1n) is 7.93. The van der Waals surface area contributed by atoms with Gasteiger partial charge in [-0.1, -0.05) is 36.4 Å². The standard InChI is InChI=1S/C19H16F3N3O/c1-12(17-23-11-16(25-17)13-6-3-2-4-7-13)24-18(26)14-8-5-9-15(10-14)19(20,21)22/h2-12H,1H3,(H,23,25)(H,24,26)/t12-/m1/s1. The molecule has 7 heteroatoms. The normalized spacial score (nSPS) is 12.6. The van der Waals surface area contributed by atoms with Crippen molar-refractivity contribution in [2.45, 2.75) is 19.1 Å². The van der Waals surface area contributed by atoms with E-state index in [0.29, 0.717) is 5.82 Å². The van der Waals surface area contributed by atoms with Crippen LogP contribution in [-0.2, 0) is 6.18 Å². The van der Waals surface area contributed by atoms with Gasteiger partial charge in [-0.25, -0.2) is 4.98 Å². The molecule has 0 aliphatic heterocycles. The van der Waals surface area contributed by atoms with Crippen molar-refractivity contribution in [2.24, 2.45) is 0 Å². The number of aromatic nitrogens is 2. The maximum absolute atomic E-state index is 12.8. The number of nitrogens with one attached hydrogen (secondary N) is 2. The van der Waals surface area contributed by atoms with Gasteiger partial charge in [0.05, 0.1) is 23.5 Å². The lowest BCUT2D eigenvalue weighted by Gasteiger charge is -2.13. The maximum Gasteiger partial charge on any atom is 0.416 e. The van der Waals surface area contributed by atoms with E-state index in [1.807, 2.05) is 30.3 Å². The smallest absolute Gasteiger partial charge is 0.342 e. The molecule has 0 spiro atoms. The number of rotatable bonds is 4. The molecular weight excluding hydrogens is 343 g/mol. The lowest BCUT2D eigenvalue weighted by atomic mass is 10.1. The maximum atomic E-state index is 12.8. The van der Waals surface area contributed by atoms with Crippen LogP contribution in [0.25, 0.3) is 11.3 Å². The molecule has 4 nitrogen and oxygen atoms in total. The van der Waals surface area contributed by atoms with E-state index < -0.39 is 23.7 Å². The number of alkyl halides is 3. The van der Waals surface area contributed by atoms with E-state index >= 15 is 0 Å². The number of halogens is 3. The van der Waals surface area contributed by atoms with E-state index in [1.54, 1.807) is 13.1 Å². The molecule has 0 aliphatic rings. The molecular formula is C19H16F3N3O. The van der Waals surface area contributed by atoms with Crippen LogP contribution in [0.4, 0.5) is 13.2 Å². The molecule has 3 rings (SSSR count). The highest BCUT2D eigenvalue weighted by Crippen LogP contribution is 2.29. The van der Waals surface area contributed by atoms with Crippen molar-refractivity contribution in [3.05, 3.63) is 77.7 Å². The molecule has 1 atom stereocenters. The molecule has 3 aromatic rings. The summed E-state index contributed by atoms with van der Waals surface area (Å²) < 4.78 is 38.3. The van der Waals surface area contributed by atoms with Gasteiger partial charge in [-0.3, -0.25) is 4.79 Å². The minimum absolute atomic E-state index is 0.0542. The van der Waals surface area contributed by atoms with Crippen molar-refractivity contribution < 1.29 is 18.0 Å². The van der Waals surface area contributed by atoms with Gasteiger partial charge in [-0.05, 0) is 30.7 Å². The minimum atomic E-state index is -4.49. The van der Waals surface area contributed by atoms with Gasteiger partial charge >= 0.3 is 6.18 Å². The number of carbonyl (C=O) groups excluding carboxylic acids is 1. The van der Waals surface area contributed by atoms with Gasteiger partial charge in [0.25, 0.3) is 5.91 Å². The zero-order chi connectivity index (χ0) is 18.7. The van der Waals surface area contributed by atoms with Crippen LogP contribution < -0.4 is 5.32 Å². The summed E-state index contributed by atoms with van der Waals surface area (Å²) in [6.07, 6.45) is -2.84. The Bertz CT molecular complexity index is 904. The Kier molecular flexibility index (Phi) is 4.79. The predicted octanol–water partition coefficient (Wildman–Crippen LogP) is 4.59. The quantitative estimate of drug-likeness (QED) is 0.716. The molecule has 0 fully saturated rings. The van der Waals surface area contributed by atoms with Crippen molar-refractivity contribution in [3.8, 4) is 11.3 Å². The van der Waals surface area contributed by atoms with Gasteiger partial charge in [-0.15, -0.1) is 0 Å². The highest BCUT2D eigenvalue weighted by molar-refractivity contribution is 5.94. The van der Waals surface area contributed by atoms with Crippen molar-refractivity contribution >= 4 is 5.91 Å². The number of carbonyl (C=O) groups is 1. The third-order valence-corrected chi connectivity index (χ3v) is 3.89. The number of hydrogen-bond acceptors (Lipinski definition) is 2. The fourth-order valence-corrected chi connectivity index (χ4v) is 2.51. The summed E-state index contributed by atoms with van der Waals surface area (Å²) in [7, 11) is 0. The molecule has 0 bridgehead atoms. The second kappa shape index (κ2) is 7.03. The molecule has 26 heavy (non-hydrogen) atoms. The second-order valence-electron chi connectivity index (χ2n) is 5.82. The van der Waals surface area contributed by atoms with Crippen molar-refractivity contribution in [1.82, 2.24) is 15.3 Å². The summed E-state index contributed by atoms with van der Waals surface area (Å²) in [4.78, 5) is 19.6. The Morgan fingerprint density at radius 3 is 2.54 bits per heavy atom. The van der Waals surface area contributed by atoms with Crippen LogP contribution in [0.1, 0.15) is 34.7 Å². The predicted molar refractivity (Wildman–Crippen MR) is 91.3 cm³/mol. The van der Waals surface area contributed by atoms with Crippen LogP contribution in [0.15, 0.2) is 60.8 Å². The molecule has 0 saturated carbocycles. The van der Waals surface area contributed by atoms with E-state index in [-0.39, 0.29) is 5.56 Å². The number of H-pyrrole nitrogens is 1. The molecule has 0 unspecified atom stereocenters. The molecule has 2 aromatic carbocycles.